The number of hydrogen-bond acceptors (Lipinski definition) is 2. The molecule has 0 bridgehead atoms. The summed E-state index contributed by atoms with van der Waals surface area (Å²) in [5, 5.41) is 4.39. The number of rotatable bonds is 1. The number of piperidine rings is 1. The van der Waals surface area contributed by atoms with Gasteiger partial charge in [-0.1, -0.05) is 35.0 Å². The largest absolute Gasteiger partial charge is 0.316 e. The van der Waals surface area contributed by atoms with Gasteiger partial charge in [-0.3, -0.25) is 0 Å². The van der Waals surface area contributed by atoms with Crippen molar-refractivity contribution in [2.24, 2.45) is 5.41 Å². The Morgan fingerprint density at radius 1 is 1.39 bits per heavy atom. The molecule has 18 heavy (non-hydrogen) atoms. The number of nitrogens with one attached hydrogen (secondary N) is 1. The molecule has 0 radical (unpaired) electrons. The highest BCUT2D eigenvalue weighted by molar-refractivity contribution is 9.10. The second kappa shape index (κ2) is 5.18. The zero-order valence-electron chi connectivity index (χ0n) is 10.8. The second-order valence-electron chi connectivity index (χ2n) is 5.56. The normalized spacial score (nSPS) is 36.1. The molecule has 1 aromatic rings. The summed E-state index contributed by atoms with van der Waals surface area (Å²) < 4.78 is 1.21. The van der Waals surface area contributed by atoms with Crippen LogP contribution in [0.2, 0.25) is 0 Å². The maximum atomic E-state index is 3.62. The van der Waals surface area contributed by atoms with E-state index in [9.17, 15) is 0 Å². The maximum Gasteiger partial charge on any atom is 0.0178 e. The van der Waals surface area contributed by atoms with E-state index < -0.39 is 0 Å². The lowest BCUT2D eigenvalue weighted by atomic mass is 9.64. The number of hydrogen-bond donors (Lipinski definition) is 1. The third-order valence-corrected chi connectivity index (χ3v) is 6.71. The highest BCUT2D eigenvalue weighted by Gasteiger charge is 2.48. The first kappa shape index (κ1) is 13.0. The zero-order chi connectivity index (χ0) is 12.6. The fourth-order valence-electron chi connectivity index (χ4n) is 3.70. The highest BCUT2D eigenvalue weighted by atomic mass is 79.9. The molecule has 0 amide bonds. The van der Waals surface area contributed by atoms with Crippen molar-refractivity contribution in [1.29, 1.82) is 0 Å². The molecule has 0 aromatic heterocycles. The molecule has 3 atom stereocenters. The molecule has 1 nitrogen and oxygen atoms in total. The predicted octanol–water partition coefficient (Wildman–Crippen LogP) is 4.04. The van der Waals surface area contributed by atoms with Gasteiger partial charge in [-0.2, -0.15) is 11.8 Å². The Labute approximate surface area is 122 Å². The van der Waals surface area contributed by atoms with Crippen LogP contribution in [0.5, 0.6) is 0 Å². The van der Waals surface area contributed by atoms with Crippen molar-refractivity contribution in [1.82, 2.24) is 5.32 Å². The molecule has 1 N–H and O–H groups in total. The van der Waals surface area contributed by atoms with Crippen LogP contribution in [0.1, 0.15) is 31.2 Å². The van der Waals surface area contributed by atoms with Gasteiger partial charge in [-0.25, -0.2) is 0 Å². The van der Waals surface area contributed by atoms with Crippen LogP contribution in [0.15, 0.2) is 28.7 Å². The Balaban J connectivity index is 1.97. The van der Waals surface area contributed by atoms with Gasteiger partial charge in [-0.15, -0.1) is 0 Å². The molecular weight excluding hydrogens is 306 g/mol. The lowest BCUT2D eigenvalue weighted by Crippen LogP contribution is -2.46. The van der Waals surface area contributed by atoms with Crippen molar-refractivity contribution in [3.05, 3.63) is 34.3 Å². The molecule has 98 valence electrons. The van der Waals surface area contributed by atoms with Crippen LogP contribution < -0.4 is 5.32 Å². The summed E-state index contributed by atoms with van der Waals surface area (Å²) in [6.45, 7) is 4.77. The first-order valence-corrected chi connectivity index (χ1v) is 8.64. The maximum absolute atomic E-state index is 3.62. The lowest BCUT2D eigenvalue weighted by Gasteiger charge is -2.45. The van der Waals surface area contributed by atoms with E-state index in [1.54, 1.807) is 0 Å². The Bertz CT molecular complexity index is 436. The third kappa shape index (κ3) is 2.14. The van der Waals surface area contributed by atoms with Crippen molar-refractivity contribution >= 4 is 27.7 Å². The average Bonchev–Trinajstić information content (AvgIpc) is 2.72. The molecule has 2 saturated heterocycles. The number of halogens is 1. The monoisotopic (exact) mass is 325 g/mol. The van der Waals surface area contributed by atoms with E-state index >= 15 is 0 Å². The molecule has 3 unspecified atom stereocenters. The molecule has 2 heterocycles. The summed E-state index contributed by atoms with van der Waals surface area (Å²) in [6.07, 6.45) is 2.72. The predicted molar refractivity (Wildman–Crippen MR) is 83.3 cm³/mol. The number of thioether (sulfide) groups is 1. The lowest BCUT2D eigenvalue weighted by molar-refractivity contribution is 0.166. The van der Waals surface area contributed by atoms with Crippen LogP contribution in [-0.2, 0) is 0 Å². The second-order valence-corrected chi connectivity index (χ2v) is 7.92. The fourth-order valence-corrected chi connectivity index (χ4v) is 5.70. The molecule has 1 spiro atoms. The molecule has 2 aliphatic heterocycles. The van der Waals surface area contributed by atoms with Crippen LogP contribution in [0.4, 0.5) is 0 Å². The first-order chi connectivity index (χ1) is 8.72. The van der Waals surface area contributed by atoms with Crippen molar-refractivity contribution < 1.29 is 0 Å². The van der Waals surface area contributed by atoms with Crippen molar-refractivity contribution in [3.63, 3.8) is 0 Å². The standard InChI is InChI=1S/C15H20BrNS/c1-11-15(6-8-18-11)5-7-17-10-14(15)12-3-2-4-13(16)9-12/h2-4,9,11,14,17H,5-8,10H2,1H3. The Morgan fingerprint density at radius 2 is 2.28 bits per heavy atom. The van der Waals surface area contributed by atoms with Crippen LogP contribution in [0, 0.1) is 5.41 Å². The van der Waals surface area contributed by atoms with Crippen LogP contribution >= 0.6 is 27.7 Å². The third-order valence-electron chi connectivity index (χ3n) is 4.81. The summed E-state index contributed by atoms with van der Waals surface area (Å²) in [6, 6.07) is 8.92. The van der Waals surface area contributed by atoms with Gasteiger partial charge in [0.2, 0.25) is 0 Å². The van der Waals surface area contributed by atoms with E-state index in [2.05, 4.69) is 64.2 Å². The van der Waals surface area contributed by atoms with E-state index in [-0.39, 0.29) is 0 Å². The van der Waals surface area contributed by atoms with Crippen molar-refractivity contribution in [2.75, 3.05) is 18.8 Å². The molecule has 0 aliphatic carbocycles. The fraction of sp³-hybridized carbons (Fsp3) is 0.600. The van der Waals surface area contributed by atoms with Gasteiger partial charge < -0.3 is 5.32 Å². The summed E-state index contributed by atoms with van der Waals surface area (Å²) >= 11 is 5.78. The molecule has 2 aliphatic rings. The van der Waals surface area contributed by atoms with Crippen molar-refractivity contribution in [3.8, 4) is 0 Å². The summed E-state index contributed by atoms with van der Waals surface area (Å²) in [5.41, 5.74) is 2.03. The van der Waals surface area contributed by atoms with Gasteiger partial charge in [0.15, 0.2) is 0 Å². The highest BCUT2D eigenvalue weighted by Crippen LogP contribution is 2.55. The Kier molecular flexibility index (Phi) is 3.75. The SMILES string of the molecule is CC1SCCC12CCNCC2c1cccc(Br)c1. The van der Waals surface area contributed by atoms with Gasteiger partial charge in [0.1, 0.15) is 0 Å². The summed E-state index contributed by atoms with van der Waals surface area (Å²) in [7, 11) is 0. The van der Waals surface area contributed by atoms with E-state index in [1.807, 2.05) is 0 Å². The molecule has 0 saturated carbocycles. The summed E-state index contributed by atoms with van der Waals surface area (Å²) in [5.74, 6) is 2.01. The topological polar surface area (TPSA) is 12.0 Å². The minimum absolute atomic E-state index is 0.525. The Morgan fingerprint density at radius 3 is 3.00 bits per heavy atom. The quantitative estimate of drug-likeness (QED) is 0.836. The van der Waals surface area contributed by atoms with Crippen molar-refractivity contribution in [2.45, 2.75) is 30.9 Å². The van der Waals surface area contributed by atoms with E-state index in [0.717, 1.165) is 11.8 Å². The number of benzene rings is 1. The van der Waals surface area contributed by atoms with Gasteiger partial charge in [0.25, 0.3) is 0 Å². The molecule has 2 fully saturated rings. The van der Waals surface area contributed by atoms with E-state index in [4.69, 9.17) is 0 Å². The first-order valence-electron chi connectivity index (χ1n) is 6.80. The zero-order valence-corrected chi connectivity index (χ0v) is 13.2. The molecule has 3 rings (SSSR count). The van der Waals surface area contributed by atoms with Crippen LogP contribution in [-0.4, -0.2) is 24.1 Å². The minimum Gasteiger partial charge on any atom is -0.316 e. The molecule has 3 heteroatoms. The Hall–Kier alpha value is 0.01000. The van der Waals surface area contributed by atoms with Crippen LogP contribution in [0.25, 0.3) is 0 Å². The minimum atomic E-state index is 0.525. The smallest absolute Gasteiger partial charge is 0.0178 e. The van der Waals surface area contributed by atoms with Gasteiger partial charge in [0, 0.05) is 22.2 Å². The van der Waals surface area contributed by atoms with Gasteiger partial charge in [-0.05, 0) is 48.3 Å². The van der Waals surface area contributed by atoms with Crippen LogP contribution in [0.3, 0.4) is 0 Å². The average molecular weight is 326 g/mol. The van der Waals surface area contributed by atoms with Gasteiger partial charge >= 0.3 is 0 Å². The van der Waals surface area contributed by atoms with E-state index in [0.29, 0.717) is 11.3 Å². The molecule has 1 aromatic carbocycles. The summed E-state index contributed by atoms with van der Waals surface area (Å²) in [4.78, 5) is 0. The van der Waals surface area contributed by atoms with E-state index in [1.165, 1.54) is 35.2 Å². The van der Waals surface area contributed by atoms with Gasteiger partial charge in [0.05, 0.1) is 0 Å². The molecular formula is C15H20BrNS.